The van der Waals surface area contributed by atoms with Crippen molar-refractivity contribution in [3.05, 3.63) is 76.3 Å². The molecule has 0 radical (unpaired) electrons. The Bertz CT molecular complexity index is 1530. The Morgan fingerprint density at radius 3 is 2.34 bits per heavy atom. The number of hydrogen-bond acceptors (Lipinski definition) is 7. The first-order valence-corrected chi connectivity index (χ1v) is 14.4. The number of carbonyl (C=O) groups is 2. The quantitative estimate of drug-likeness (QED) is 0.249. The number of halogens is 4. The second kappa shape index (κ2) is 12.9. The molecule has 1 N–H and O–H groups in total. The number of benzene rings is 3. The molecule has 5 rings (SSSR count). The molecule has 2 aliphatic rings. The number of rotatable bonds is 10. The van der Waals surface area contributed by atoms with E-state index in [0.29, 0.717) is 59.2 Å². The maximum atomic E-state index is 14.1. The van der Waals surface area contributed by atoms with Gasteiger partial charge in [0.2, 0.25) is 0 Å². The molecule has 1 fully saturated rings. The maximum absolute atomic E-state index is 14.1. The average Bonchev–Trinajstić information content (AvgIpc) is 3.41. The van der Waals surface area contributed by atoms with Crippen LogP contribution < -0.4 is 24.4 Å². The van der Waals surface area contributed by atoms with Gasteiger partial charge in [0.15, 0.2) is 0 Å². The van der Waals surface area contributed by atoms with Crippen molar-refractivity contribution < 1.29 is 41.7 Å². The fourth-order valence-electron chi connectivity index (χ4n) is 5.60. The first-order valence-electron chi connectivity index (χ1n) is 14.0. The van der Waals surface area contributed by atoms with Crippen LogP contribution in [0.4, 0.5) is 24.5 Å². The molecule has 1 heterocycles. The second-order valence-electron chi connectivity index (χ2n) is 10.8. The average molecular weight is 633 g/mol. The summed E-state index contributed by atoms with van der Waals surface area (Å²) < 4.78 is 62.8. The Kier molecular flexibility index (Phi) is 9.15. The van der Waals surface area contributed by atoms with E-state index in [1.54, 1.807) is 42.5 Å². The van der Waals surface area contributed by atoms with E-state index in [1.807, 2.05) is 0 Å². The van der Waals surface area contributed by atoms with Gasteiger partial charge in [-0.05, 0) is 60.6 Å². The van der Waals surface area contributed by atoms with Crippen molar-refractivity contribution in [1.82, 2.24) is 0 Å². The number of hydrogen-bond donors (Lipinski definition) is 1. The van der Waals surface area contributed by atoms with Gasteiger partial charge in [-0.2, -0.15) is 13.2 Å². The molecular formula is C32H32ClF3N2O6. The van der Waals surface area contributed by atoms with E-state index in [0.717, 1.165) is 6.07 Å². The summed E-state index contributed by atoms with van der Waals surface area (Å²) in [5.74, 6) is 0.0849. The van der Waals surface area contributed by atoms with E-state index < -0.39 is 23.7 Å². The predicted octanol–water partition coefficient (Wildman–Crippen LogP) is 6.70. The van der Waals surface area contributed by atoms with E-state index in [1.165, 1.54) is 32.3 Å². The van der Waals surface area contributed by atoms with Crippen molar-refractivity contribution in [2.24, 2.45) is 11.8 Å². The van der Waals surface area contributed by atoms with Crippen LogP contribution >= 0.6 is 11.6 Å². The summed E-state index contributed by atoms with van der Waals surface area (Å²) in [6.07, 6.45) is -2.94. The summed E-state index contributed by atoms with van der Waals surface area (Å²) in [5, 5.41) is 3.72. The van der Waals surface area contributed by atoms with E-state index in [-0.39, 0.29) is 35.8 Å². The molecule has 3 aromatic carbocycles. The summed E-state index contributed by atoms with van der Waals surface area (Å²) in [4.78, 5) is 27.2. The molecule has 8 nitrogen and oxygen atoms in total. The zero-order valence-corrected chi connectivity index (χ0v) is 25.1. The minimum Gasteiger partial charge on any atom is -0.497 e. The van der Waals surface area contributed by atoms with Gasteiger partial charge in [-0.25, -0.2) is 0 Å². The van der Waals surface area contributed by atoms with Crippen LogP contribution in [-0.4, -0.2) is 46.4 Å². The molecular weight excluding hydrogens is 601 g/mol. The molecule has 1 aliphatic heterocycles. The third-order valence-electron chi connectivity index (χ3n) is 8.00. The van der Waals surface area contributed by atoms with Gasteiger partial charge < -0.3 is 29.2 Å². The molecule has 12 heteroatoms. The van der Waals surface area contributed by atoms with Crippen LogP contribution in [0, 0.1) is 11.8 Å². The van der Waals surface area contributed by atoms with Gasteiger partial charge in [-0.1, -0.05) is 23.7 Å². The Balaban J connectivity index is 1.42. The van der Waals surface area contributed by atoms with Crippen LogP contribution in [0.5, 0.6) is 17.2 Å². The molecule has 44 heavy (non-hydrogen) atoms. The molecule has 3 aromatic rings. The standard InChI is InChI=1S/C32H32ClF3N2O6/c1-41-24-13-23(14-25(15-24)44-17-18-10-21(11-18)31(40)43-3)37-29(19-4-6-22(33)7-5-19)30(39)38-9-8-20-12-28(42-2)26(16-27(20)38)32(34,35)36/h4-7,12-16,18,21,29,37H,8-11,17H2,1-3H3/t18-,21-,29?. The van der Waals surface area contributed by atoms with Gasteiger partial charge in [-0.15, -0.1) is 0 Å². The monoisotopic (exact) mass is 632 g/mol. The van der Waals surface area contributed by atoms with Crippen LogP contribution in [0.2, 0.25) is 5.02 Å². The normalized spacial score (nSPS) is 18.1. The number of alkyl halides is 3. The Morgan fingerprint density at radius 1 is 1.00 bits per heavy atom. The zero-order chi connectivity index (χ0) is 31.6. The summed E-state index contributed by atoms with van der Waals surface area (Å²) in [5.41, 5.74) is 0.878. The number of carbonyl (C=O) groups excluding carboxylic acids is 2. The highest BCUT2D eigenvalue weighted by Gasteiger charge is 2.39. The Hall–Kier alpha value is -4.12. The molecule has 1 amide bonds. The molecule has 0 bridgehead atoms. The lowest BCUT2D eigenvalue weighted by atomic mass is 9.75. The number of anilines is 2. The number of fused-ring (bicyclic) bond motifs is 1. The molecule has 0 aromatic heterocycles. The van der Waals surface area contributed by atoms with Gasteiger partial charge in [0.25, 0.3) is 5.91 Å². The van der Waals surface area contributed by atoms with Crippen molar-refractivity contribution in [3.63, 3.8) is 0 Å². The molecule has 1 aliphatic carbocycles. The van der Waals surface area contributed by atoms with Gasteiger partial charge >= 0.3 is 12.1 Å². The van der Waals surface area contributed by atoms with Crippen LogP contribution in [0.15, 0.2) is 54.6 Å². The number of esters is 1. The molecule has 1 unspecified atom stereocenters. The van der Waals surface area contributed by atoms with Crippen molar-refractivity contribution >= 4 is 34.9 Å². The number of amides is 1. The van der Waals surface area contributed by atoms with E-state index in [2.05, 4.69) is 5.32 Å². The Morgan fingerprint density at radius 2 is 1.70 bits per heavy atom. The highest BCUT2D eigenvalue weighted by molar-refractivity contribution is 6.30. The lowest BCUT2D eigenvalue weighted by Crippen LogP contribution is -2.37. The van der Waals surface area contributed by atoms with Gasteiger partial charge in [0.1, 0.15) is 23.3 Å². The van der Waals surface area contributed by atoms with Gasteiger partial charge in [0.05, 0.1) is 39.4 Å². The third kappa shape index (κ3) is 6.67. The van der Waals surface area contributed by atoms with Gasteiger partial charge in [-0.3, -0.25) is 9.59 Å². The fourth-order valence-corrected chi connectivity index (χ4v) is 5.73. The summed E-state index contributed by atoms with van der Waals surface area (Å²) >= 11 is 6.12. The highest BCUT2D eigenvalue weighted by Crippen LogP contribution is 2.43. The van der Waals surface area contributed by atoms with E-state index in [9.17, 15) is 22.8 Å². The molecule has 1 saturated carbocycles. The van der Waals surface area contributed by atoms with E-state index >= 15 is 0 Å². The van der Waals surface area contributed by atoms with Crippen molar-refractivity contribution in [3.8, 4) is 17.2 Å². The lowest BCUT2D eigenvalue weighted by Gasteiger charge is -2.33. The molecule has 234 valence electrons. The zero-order valence-electron chi connectivity index (χ0n) is 24.4. The molecule has 1 atom stereocenters. The van der Waals surface area contributed by atoms with Gasteiger partial charge in [0, 0.05) is 41.1 Å². The Labute approximate surface area is 258 Å². The van der Waals surface area contributed by atoms with Crippen LogP contribution in [0.3, 0.4) is 0 Å². The largest absolute Gasteiger partial charge is 0.497 e. The second-order valence-corrected chi connectivity index (χ2v) is 11.2. The van der Waals surface area contributed by atoms with Crippen LogP contribution in [-0.2, 0) is 26.9 Å². The summed E-state index contributed by atoms with van der Waals surface area (Å²) in [6.45, 7) is 0.583. The van der Waals surface area contributed by atoms with E-state index in [4.69, 9.17) is 30.5 Å². The number of nitrogens with one attached hydrogen (secondary N) is 1. The highest BCUT2D eigenvalue weighted by atomic mass is 35.5. The minimum atomic E-state index is -4.66. The third-order valence-corrected chi connectivity index (χ3v) is 8.25. The smallest absolute Gasteiger partial charge is 0.420 e. The number of ether oxygens (including phenoxy) is 4. The number of methoxy groups -OCH3 is 3. The SMILES string of the molecule is COc1cc(NC(C(=O)N2CCc3cc(OC)c(C(F)(F)F)cc32)c2ccc(Cl)cc2)cc(OC[C@H]2C[C@H](C(=O)OC)C2)c1. The fraction of sp³-hybridized carbons (Fsp3) is 0.375. The lowest BCUT2D eigenvalue weighted by molar-refractivity contribution is -0.150. The minimum absolute atomic E-state index is 0.119. The van der Waals surface area contributed by atoms with Crippen molar-refractivity contribution in [2.45, 2.75) is 31.5 Å². The number of nitrogens with zero attached hydrogens (tertiary/aromatic N) is 1. The first-order chi connectivity index (χ1) is 21.0. The molecule has 0 saturated heterocycles. The van der Waals surface area contributed by atoms with Crippen LogP contribution in [0.25, 0.3) is 0 Å². The first kappa shape index (κ1) is 31.3. The van der Waals surface area contributed by atoms with Crippen molar-refractivity contribution in [1.29, 1.82) is 0 Å². The summed E-state index contributed by atoms with van der Waals surface area (Å²) in [6, 6.07) is 13.1. The van der Waals surface area contributed by atoms with Crippen molar-refractivity contribution in [2.75, 3.05) is 44.7 Å². The topological polar surface area (TPSA) is 86.3 Å². The summed E-state index contributed by atoms with van der Waals surface area (Å²) in [7, 11) is 4.07. The molecule has 0 spiro atoms. The predicted molar refractivity (Wildman–Crippen MR) is 159 cm³/mol. The maximum Gasteiger partial charge on any atom is 0.420 e. The van der Waals surface area contributed by atoms with Crippen LogP contribution in [0.1, 0.15) is 35.6 Å².